The highest BCUT2D eigenvalue weighted by atomic mass is 16.5. The van der Waals surface area contributed by atoms with E-state index in [0.717, 1.165) is 11.1 Å². The number of hydrogen-bond acceptors (Lipinski definition) is 9. The van der Waals surface area contributed by atoms with Gasteiger partial charge >= 0.3 is 6.09 Å². The lowest BCUT2D eigenvalue weighted by Crippen LogP contribution is -2.55. The number of aromatic nitrogens is 2. The number of aryl methyl sites for hydroxylation is 2. The van der Waals surface area contributed by atoms with E-state index in [2.05, 4.69) is 31.4 Å². The van der Waals surface area contributed by atoms with Crippen LogP contribution in [0.4, 0.5) is 4.79 Å². The molecule has 0 aliphatic rings. The van der Waals surface area contributed by atoms with Crippen LogP contribution in [0.15, 0.2) is 47.0 Å². The second-order valence-electron chi connectivity index (χ2n) is 11.4. The Balaban J connectivity index is 1.87. The first-order valence-electron chi connectivity index (χ1n) is 15.5. The fourth-order valence-electron chi connectivity index (χ4n) is 5.21. The predicted octanol–water partition coefficient (Wildman–Crippen LogP) is 1.90. The Hall–Kier alpha value is -5.18. The van der Waals surface area contributed by atoms with Gasteiger partial charge in [0, 0.05) is 19.4 Å². The first kappa shape index (κ1) is 36.3. The summed E-state index contributed by atoms with van der Waals surface area (Å²) < 4.78 is 5.59. The third kappa shape index (κ3) is 11.9. The Labute approximate surface area is 273 Å². The number of amides is 3. The van der Waals surface area contributed by atoms with Gasteiger partial charge in [-0.15, -0.1) is 0 Å². The van der Waals surface area contributed by atoms with Crippen LogP contribution in [0, 0.1) is 19.3 Å². The topological polar surface area (TPSA) is 255 Å². The summed E-state index contributed by atoms with van der Waals surface area (Å²) in [4.78, 5) is 43.6. The number of unbranched alkanes of at least 4 members (excludes halogenated alkanes) is 1. The quantitative estimate of drug-likeness (QED) is 0.0545. The van der Waals surface area contributed by atoms with Gasteiger partial charge in [0.05, 0.1) is 0 Å². The molecule has 0 spiro atoms. The van der Waals surface area contributed by atoms with Crippen molar-refractivity contribution in [3.8, 4) is 5.75 Å². The van der Waals surface area contributed by atoms with Gasteiger partial charge < -0.3 is 47.5 Å². The highest BCUT2D eigenvalue weighted by Gasteiger charge is 2.30. The molecule has 3 aromatic rings. The number of phenols is 1. The van der Waals surface area contributed by atoms with Gasteiger partial charge in [-0.1, -0.05) is 35.5 Å². The van der Waals surface area contributed by atoms with Crippen molar-refractivity contribution in [2.24, 2.45) is 11.5 Å². The summed E-state index contributed by atoms with van der Waals surface area (Å²) in [7, 11) is 0. The Morgan fingerprint density at radius 3 is 2.28 bits per heavy atom. The summed E-state index contributed by atoms with van der Waals surface area (Å²) in [6.07, 6.45) is 1.29. The van der Waals surface area contributed by atoms with Gasteiger partial charge in [-0.05, 0) is 86.9 Å². The number of aromatic hydroxyl groups is 1. The van der Waals surface area contributed by atoms with Crippen LogP contribution in [-0.2, 0) is 22.4 Å². The van der Waals surface area contributed by atoms with E-state index < -0.39 is 36.0 Å². The zero-order chi connectivity index (χ0) is 34.3. The Bertz CT molecular complexity index is 1470. The fraction of sp³-hybridized carbons (Fsp3) is 0.438. The number of nitrogens with one attached hydrogen (secondary N) is 5. The Kier molecular flexibility index (Phi) is 14.0. The number of nitrogens with zero attached hydrogens (tertiary/aromatic N) is 2. The third-order valence-corrected chi connectivity index (χ3v) is 7.57. The van der Waals surface area contributed by atoms with Crippen molar-refractivity contribution in [1.29, 1.82) is 5.41 Å². The number of benzene rings is 2. The number of carbonyl (C=O) groups is 3. The summed E-state index contributed by atoms with van der Waals surface area (Å²) >= 11 is 0. The van der Waals surface area contributed by atoms with E-state index in [0.29, 0.717) is 55.6 Å². The molecule has 2 aromatic carbocycles. The highest BCUT2D eigenvalue weighted by Crippen LogP contribution is 2.24. The van der Waals surface area contributed by atoms with Crippen molar-refractivity contribution in [1.82, 2.24) is 31.4 Å². The second kappa shape index (κ2) is 18.1. The minimum absolute atomic E-state index is 0.0554. The van der Waals surface area contributed by atoms with Gasteiger partial charge in [0.1, 0.15) is 23.9 Å². The maximum absolute atomic E-state index is 14.0. The van der Waals surface area contributed by atoms with Crippen molar-refractivity contribution >= 4 is 23.9 Å². The number of phenolic OH excluding ortho intramolecular Hbond substituents is 1. The average molecular weight is 652 g/mol. The molecule has 3 rings (SSSR count). The van der Waals surface area contributed by atoms with Crippen LogP contribution in [0.1, 0.15) is 72.1 Å². The minimum atomic E-state index is -1.40. The van der Waals surface area contributed by atoms with E-state index >= 15 is 0 Å². The van der Waals surface area contributed by atoms with E-state index in [1.54, 1.807) is 26.0 Å². The van der Waals surface area contributed by atoms with Crippen LogP contribution in [0.5, 0.6) is 5.75 Å². The molecule has 3 amide bonds. The second-order valence-corrected chi connectivity index (χ2v) is 11.4. The van der Waals surface area contributed by atoms with E-state index in [4.69, 9.17) is 21.4 Å². The number of guanidine groups is 1. The van der Waals surface area contributed by atoms with Crippen LogP contribution >= 0.6 is 0 Å². The lowest BCUT2D eigenvalue weighted by Gasteiger charge is -2.25. The number of nitrogens with two attached hydrogens (primary N) is 2. The molecule has 1 heterocycles. The van der Waals surface area contributed by atoms with Gasteiger partial charge in [-0.25, -0.2) is 4.79 Å². The number of carboxylic acid groups (broad SMARTS) is 1. The van der Waals surface area contributed by atoms with E-state index in [1.807, 2.05) is 30.3 Å². The molecule has 15 nitrogen and oxygen atoms in total. The van der Waals surface area contributed by atoms with Crippen molar-refractivity contribution in [2.75, 3.05) is 13.1 Å². The largest absolute Gasteiger partial charge is 0.508 e. The molecule has 2 unspecified atom stereocenters. The van der Waals surface area contributed by atoms with Crippen LogP contribution < -0.4 is 32.7 Å². The Morgan fingerprint density at radius 1 is 0.957 bits per heavy atom. The molecule has 0 radical (unpaired) electrons. The first-order valence-corrected chi connectivity index (χ1v) is 15.5. The summed E-state index contributed by atoms with van der Waals surface area (Å²) in [5, 5.41) is 41.4. The molecule has 3 atom stereocenters. The molecule has 47 heavy (non-hydrogen) atoms. The van der Waals surface area contributed by atoms with Crippen molar-refractivity contribution in [3.63, 3.8) is 0 Å². The molecule has 11 N–H and O–H groups in total. The van der Waals surface area contributed by atoms with Crippen LogP contribution in [0.2, 0.25) is 0 Å². The maximum atomic E-state index is 14.0. The van der Waals surface area contributed by atoms with E-state index in [-0.39, 0.29) is 37.0 Å². The van der Waals surface area contributed by atoms with Gasteiger partial charge in [-0.2, -0.15) is 4.98 Å². The predicted molar refractivity (Wildman–Crippen MR) is 175 cm³/mol. The van der Waals surface area contributed by atoms with Crippen molar-refractivity contribution < 1.29 is 29.1 Å². The van der Waals surface area contributed by atoms with E-state index in [1.165, 1.54) is 0 Å². The SMILES string of the molecule is Cc1cc(O)cc(C)c1CC(NC(=O)C(CCCNC(=N)N)NC(=O)O)C(=O)N[C@H](CCCCN)c1nc(Cc2ccccc2)no1. The van der Waals surface area contributed by atoms with Gasteiger partial charge in [0.25, 0.3) is 0 Å². The van der Waals surface area contributed by atoms with Crippen LogP contribution in [0.3, 0.4) is 0 Å². The van der Waals surface area contributed by atoms with Crippen molar-refractivity contribution in [3.05, 3.63) is 76.4 Å². The molecule has 0 aliphatic heterocycles. The number of hydrogen-bond donors (Lipinski definition) is 9. The lowest BCUT2D eigenvalue weighted by molar-refractivity contribution is -0.130. The molecule has 0 fully saturated rings. The number of carbonyl (C=O) groups excluding carboxylic acids is 2. The third-order valence-electron chi connectivity index (χ3n) is 7.57. The van der Waals surface area contributed by atoms with Gasteiger partial charge in [-0.3, -0.25) is 15.0 Å². The molecule has 15 heteroatoms. The smallest absolute Gasteiger partial charge is 0.405 e. The normalized spacial score (nSPS) is 12.8. The summed E-state index contributed by atoms with van der Waals surface area (Å²) in [5.74, 6) is -0.757. The van der Waals surface area contributed by atoms with Crippen LogP contribution in [-0.4, -0.2) is 69.4 Å². The van der Waals surface area contributed by atoms with Crippen LogP contribution in [0.25, 0.3) is 0 Å². The molecule has 0 bridgehead atoms. The van der Waals surface area contributed by atoms with E-state index in [9.17, 15) is 24.6 Å². The molecular formula is C32H45N9O6. The average Bonchev–Trinajstić information content (AvgIpc) is 3.47. The molecule has 0 saturated carbocycles. The standard InChI is InChI=1S/C32H45N9O6/c1-19-15-22(42)16-20(2)23(19)18-26(38-28(43)24(39-32(45)46)12-8-14-36-31(34)35)29(44)37-25(11-6-7-13-33)30-40-27(41-47-30)17-21-9-4-3-5-10-21/h3-5,9-10,15-16,24-26,39,42H,6-8,11-14,17-18,33H2,1-2H3,(H,37,44)(H,38,43)(H,45,46)(H4,34,35,36)/t24?,25-,26?/m1/s1. The van der Waals surface area contributed by atoms with Gasteiger partial charge in [0.2, 0.25) is 17.7 Å². The van der Waals surface area contributed by atoms with Gasteiger partial charge in [0.15, 0.2) is 11.8 Å². The highest BCUT2D eigenvalue weighted by molar-refractivity contribution is 5.91. The molecular weight excluding hydrogens is 606 g/mol. The molecule has 0 aliphatic carbocycles. The summed E-state index contributed by atoms with van der Waals surface area (Å²) in [6.45, 7) is 4.29. The summed E-state index contributed by atoms with van der Waals surface area (Å²) in [6, 6.07) is 9.77. The zero-order valence-corrected chi connectivity index (χ0v) is 26.7. The number of rotatable bonds is 18. The monoisotopic (exact) mass is 651 g/mol. The first-order chi connectivity index (χ1) is 22.5. The fourth-order valence-corrected chi connectivity index (χ4v) is 5.21. The Morgan fingerprint density at radius 2 is 1.64 bits per heavy atom. The lowest BCUT2D eigenvalue weighted by atomic mass is 9.95. The molecule has 0 saturated heterocycles. The molecule has 1 aromatic heterocycles. The minimum Gasteiger partial charge on any atom is -0.508 e. The summed E-state index contributed by atoms with van der Waals surface area (Å²) in [5.41, 5.74) is 14.2. The zero-order valence-electron chi connectivity index (χ0n) is 26.7. The molecule has 254 valence electrons. The van der Waals surface area contributed by atoms with Crippen molar-refractivity contribution in [2.45, 2.75) is 76.9 Å². The maximum Gasteiger partial charge on any atom is 0.405 e.